The van der Waals surface area contributed by atoms with Gasteiger partial charge in [0.1, 0.15) is 24.2 Å². The highest BCUT2D eigenvalue weighted by molar-refractivity contribution is 5.83. The van der Waals surface area contributed by atoms with Gasteiger partial charge in [-0.3, -0.25) is 4.79 Å². The van der Waals surface area contributed by atoms with Crippen molar-refractivity contribution in [2.24, 2.45) is 17.3 Å². The van der Waals surface area contributed by atoms with E-state index in [1.54, 1.807) is 13.2 Å². The lowest BCUT2D eigenvalue weighted by Gasteiger charge is -2.15. The highest BCUT2D eigenvalue weighted by Crippen LogP contribution is 2.59. The molecule has 170 valence electrons. The molecule has 1 aliphatic carbocycles. The molecule has 0 aliphatic heterocycles. The first-order valence-corrected chi connectivity index (χ1v) is 10.7. The minimum Gasteiger partial charge on any atom is -0.460 e. The van der Waals surface area contributed by atoms with E-state index in [4.69, 9.17) is 18.9 Å². The molecule has 0 spiro atoms. The second-order valence-corrected chi connectivity index (χ2v) is 8.41. The number of carbonyl (C=O) groups is 2. The Morgan fingerprint density at radius 2 is 1.75 bits per heavy atom. The average molecular weight is 439 g/mol. The number of ether oxygens (including phenoxy) is 4. The Labute approximate surface area is 189 Å². The molecular formula is C26H30O6. The second kappa shape index (κ2) is 10.5. The van der Waals surface area contributed by atoms with E-state index >= 15 is 0 Å². The van der Waals surface area contributed by atoms with Gasteiger partial charge >= 0.3 is 11.9 Å². The van der Waals surface area contributed by atoms with E-state index in [2.05, 4.69) is 0 Å². The molecule has 1 fully saturated rings. The maximum Gasteiger partial charge on any atom is 0.330 e. The predicted octanol–water partition coefficient (Wildman–Crippen LogP) is 5.10. The van der Waals surface area contributed by atoms with Crippen molar-refractivity contribution in [2.45, 2.75) is 26.9 Å². The molecule has 0 amide bonds. The van der Waals surface area contributed by atoms with Crippen molar-refractivity contribution >= 4 is 11.9 Å². The summed E-state index contributed by atoms with van der Waals surface area (Å²) in [5, 5.41) is 0. The summed E-state index contributed by atoms with van der Waals surface area (Å²) in [5.41, 5.74) is 0.567. The van der Waals surface area contributed by atoms with Crippen LogP contribution in [0.4, 0.5) is 0 Å². The zero-order valence-electron chi connectivity index (χ0n) is 18.9. The Hall–Kier alpha value is -3.12. The van der Waals surface area contributed by atoms with Crippen LogP contribution < -0.4 is 4.74 Å². The molecule has 6 nitrogen and oxygen atoms in total. The lowest BCUT2D eigenvalue weighted by atomic mass is 10.1. The van der Waals surface area contributed by atoms with Gasteiger partial charge in [0.2, 0.25) is 0 Å². The van der Waals surface area contributed by atoms with Gasteiger partial charge in [-0.15, -0.1) is 0 Å². The van der Waals surface area contributed by atoms with Crippen LogP contribution in [-0.2, 0) is 23.8 Å². The van der Waals surface area contributed by atoms with Gasteiger partial charge in [0, 0.05) is 13.2 Å². The van der Waals surface area contributed by atoms with Crippen molar-refractivity contribution in [3.8, 4) is 11.5 Å². The van der Waals surface area contributed by atoms with Crippen LogP contribution in [0.5, 0.6) is 11.5 Å². The smallest absolute Gasteiger partial charge is 0.330 e. The Bertz CT molecular complexity index is 950. The van der Waals surface area contributed by atoms with E-state index in [1.165, 1.54) is 6.08 Å². The number of methoxy groups -OCH3 is 1. The molecule has 0 radical (unpaired) electrons. The first-order valence-electron chi connectivity index (χ1n) is 10.7. The largest absolute Gasteiger partial charge is 0.460 e. The molecular weight excluding hydrogens is 408 g/mol. The lowest BCUT2D eigenvalue weighted by Crippen LogP contribution is -2.13. The maximum absolute atomic E-state index is 12.8. The molecule has 2 aromatic carbocycles. The summed E-state index contributed by atoms with van der Waals surface area (Å²) in [7, 11) is 1.54. The number of hydrogen-bond donors (Lipinski definition) is 0. The SMILES string of the molecule is COCCOC(=O)C=C[C@H]1[C@@H](C(=O)OC(C)c2cccc(Oc3ccccc3)c2)C1(C)C. The molecule has 1 unspecified atom stereocenters. The number of carbonyl (C=O) groups excluding carboxylic acids is 2. The monoisotopic (exact) mass is 438 g/mol. The van der Waals surface area contributed by atoms with Crippen LogP contribution in [0.15, 0.2) is 66.7 Å². The fourth-order valence-corrected chi connectivity index (χ4v) is 3.71. The van der Waals surface area contributed by atoms with Crippen molar-refractivity contribution in [1.82, 2.24) is 0 Å². The zero-order chi connectivity index (χ0) is 23.1. The van der Waals surface area contributed by atoms with Crippen LogP contribution in [0.3, 0.4) is 0 Å². The fraction of sp³-hybridized carbons (Fsp3) is 0.385. The molecule has 0 saturated heterocycles. The number of hydrogen-bond acceptors (Lipinski definition) is 6. The summed E-state index contributed by atoms with van der Waals surface area (Å²) in [6, 6.07) is 17.0. The Morgan fingerprint density at radius 3 is 2.47 bits per heavy atom. The molecule has 0 heterocycles. The Balaban J connectivity index is 1.57. The molecule has 3 atom stereocenters. The van der Waals surface area contributed by atoms with Gasteiger partial charge in [0.05, 0.1) is 12.5 Å². The van der Waals surface area contributed by atoms with E-state index in [1.807, 2.05) is 75.4 Å². The average Bonchev–Trinajstić information content (AvgIpc) is 3.33. The molecule has 1 aliphatic rings. The number of benzene rings is 2. The summed E-state index contributed by atoms with van der Waals surface area (Å²) < 4.78 is 21.5. The van der Waals surface area contributed by atoms with Crippen LogP contribution in [0, 0.1) is 17.3 Å². The summed E-state index contributed by atoms with van der Waals surface area (Å²) >= 11 is 0. The first kappa shape index (κ1) is 23.5. The summed E-state index contributed by atoms with van der Waals surface area (Å²) in [4.78, 5) is 24.6. The molecule has 1 saturated carbocycles. The van der Waals surface area contributed by atoms with Crippen molar-refractivity contribution < 1.29 is 28.5 Å². The normalized spacial score (nSPS) is 19.9. The standard InChI is InChI=1S/C26H30O6/c1-18(19-9-8-12-21(17-19)32-20-10-6-5-7-11-20)31-25(28)24-22(26(24,2)3)13-14-23(27)30-16-15-29-4/h5-14,17-18,22,24H,15-16H2,1-4H3/t18?,22-,24-/m0/s1. The Morgan fingerprint density at radius 1 is 1.03 bits per heavy atom. The third kappa shape index (κ3) is 5.98. The topological polar surface area (TPSA) is 71.1 Å². The Kier molecular flexibility index (Phi) is 7.70. The van der Waals surface area contributed by atoms with Crippen molar-refractivity contribution in [2.75, 3.05) is 20.3 Å². The van der Waals surface area contributed by atoms with Gasteiger partial charge in [-0.05, 0) is 48.1 Å². The zero-order valence-corrected chi connectivity index (χ0v) is 18.9. The van der Waals surface area contributed by atoms with Crippen LogP contribution in [0.25, 0.3) is 0 Å². The van der Waals surface area contributed by atoms with Crippen molar-refractivity contribution in [3.63, 3.8) is 0 Å². The quantitative estimate of drug-likeness (QED) is 0.292. The first-order chi connectivity index (χ1) is 15.3. The van der Waals surface area contributed by atoms with Gasteiger partial charge < -0.3 is 18.9 Å². The van der Waals surface area contributed by atoms with Crippen molar-refractivity contribution in [3.05, 3.63) is 72.3 Å². The maximum atomic E-state index is 12.8. The van der Waals surface area contributed by atoms with Gasteiger partial charge in [-0.1, -0.05) is 50.3 Å². The fourth-order valence-electron chi connectivity index (χ4n) is 3.71. The van der Waals surface area contributed by atoms with E-state index in [0.717, 1.165) is 11.3 Å². The van der Waals surface area contributed by atoms with Crippen LogP contribution in [-0.4, -0.2) is 32.3 Å². The second-order valence-electron chi connectivity index (χ2n) is 8.41. The highest BCUT2D eigenvalue weighted by Gasteiger charge is 2.61. The lowest BCUT2D eigenvalue weighted by molar-refractivity contribution is -0.151. The molecule has 0 N–H and O–H groups in total. The van der Waals surface area contributed by atoms with E-state index < -0.39 is 12.1 Å². The molecule has 2 aromatic rings. The molecule has 0 aromatic heterocycles. The number of allylic oxidation sites excluding steroid dienone is 1. The van der Waals surface area contributed by atoms with E-state index in [0.29, 0.717) is 12.4 Å². The van der Waals surface area contributed by atoms with Crippen molar-refractivity contribution in [1.29, 1.82) is 0 Å². The summed E-state index contributed by atoms with van der Waals surface area (Å²) in [6.45, 7) is 6.36. The van der Waals surface area contributed by atoms with Gasteiger partial charge in [-0.2, -0.15) is 0 Å². The third-order valence-corrected chi connectivity index (χ3v) is 5.74. The van der Waals surface area contributed by atoms with E-state index in [-0.39, 0.29) is 29.8 Å². The van der Waals surface area contributed by atoms with Crippen LogP contribution >= 0.6 is 0 Å². The molecule has 6 heteroatoms. The predicted molar refractivity (Wildman–Crippen MR) is 120 cm³/mol. The summed E-state index contributed by atoms with van der Waals surface area (Å²) in [5.74, 6) is 0.307. The molecule has 32 heavy (non-hydrogen) atoms. The van der Waals surface area contributed by atoms with Crippen LogP contribution in [0.2, 0.25) is 0 Å². The minimum atomic E-state index is -0.444. The van der Waals surface area contributed by atoms with Gasteiger partial charge in [-0.25, -0.2) is 4.79 Å². The molecule has 0 bridgehead atoms. The van der Waals surface area contributed by atoms with Crippen LogP contribution in [0.1, 0.15) is 32.4 Å². The number of para-hydroxylation sites is 1. The third-order valence-electron chi connectivity index (χ3n) is 5.74. The highest BCUT2D eigenvalue weighted by atomic mass is 16.6. The van der Waals surface area contributed by atoms with Gasteiger partial charge in [0.15, 0.2) is 0 Å². The summed E-state index contributed by atoms with van der Waals surface area (Å²) in [6.07, 6.45) is 2.69. The molecule has 3 rings (SSSR count). The number of esters is 2. The van der Waals surface area contributed by atoms with Gasteiger partial charge in [0.25, 0.3) is 0 Å². The van der Waals surface area contributed by atoms with E-state index in [9.17, 15) is 9.59 Å². The number of rotatable bonds is 10. The minimum absolute atomic E-state index is 0.0788.